The zero-order valence-corrected chi connectivity index (χ0v) is 18.9. The number of hydrogen-bond acceptors (Lipinski definition) is 6. The van der Waals surface area contributed by atoms with Crippen LogP contribution in [0.2, 0.25) is 0 Å². The molecule has 2 amide bonds. The molecule has 1 atom stereocenters. The van der Waals surface area contributed by atoms with E-state index in [1.54, 1.807) is 43.3 Å². The molecule has 176 valence electrons. The van der Waals surface area contributed by atoms with E-state index in [9.17, 15) is 18.8 Å². The predicted octanol–water partition coefficient (Wildman–Crippen LogP) is 2.55. The number of carbonyl (C=O) groups excluding carboxylic acids is 3. The maximum atomic E-state index is 13.7. The fourth-order valence-corrected chi connectivity index (χ4v) is 3.99. The Morgan fingerprint density at radius 3 is 2.41 bits per heavy atom. The number of benzene rings is 2. The minimum absolute atomic E-state index is 0.0338. The van der Waals surface area contributed by atoms with Gasteiger partial charge in [0.2, 0.25) is 5.91 Å². The highest BCUT2D eigenvalue weighted by molar-refractivity contribution is 6.15. The zero-order valence-electron chi connectivity index (χ0n) is 18.9. The summed E-state index contributed by atoms with van der Waals surface area (Å²) in [6.45, 7) is 1.82. The number of ether oxygens (including phenoxy) is 2. The predicted molar refractivity (Wildman–Crippen MR) is 120 cm³/mol. The lowest BCUT2D eigenvalue weighted by Gasteiger charge is -2.43. The van der Waals surface area contributed by atoms with Gasteiger partial charge in [0.05, 0.1) is 27.1 Å². The van der Waals surface area contributed by atoms with E-state index < -0.39 is 23.3 Å². The minimum Gasteiger partial charge on any atom is -0.497 e. The Morgan fingerprint density at radius 1 is 1.12 bits per heavy atom. The van der Waals surface area contributed by atoms with Gasteiger partial charge in [-0.15, -0.1) is 0 Å². The number of nitrogens with zero attached hydrogens (tertiary/aromatic N) is 3. The van der Waals surface area contributed by atoms with Gasteiger partial charge in [0.15, 0.2) is 5.69 Å². The largest absolute Gasteiger partial charge is 0.497 e. The second-order valence-corrected chi connectivity index (χ2v) is 7.98. The van der Waals surface area contributed by atoms with E-state index in [0.717, 1.165) is 0 Å². The van der Waals surface area contributed by atoms with Crippen molar-refractivity contribution in [2.75, 3.05) is 19.1 Å². The van der Waals surface area contributed by atoms with Crippen LogP contribution >= 0.6 is 0 Å². The molecule has 0 fully saturated rings. The van der Waals surface area contributed by atoms with Gasteiger partial charge in [0.25, 0.3) is 5.91 Å². The number of methoxy groups -OCH3 is 2. The van der Waals surface area contributed by atoms with Crippen molar-refractivity contribution < 1.29 is 28.2 Å². The van der Waals surface area contributed by atoms with Crippen molar-refractivity contribution in [3.05, 3.63) is 77.6 Å². The van der Waals surface area contributed by atoms with Gasteiger partial charge < -0.3 is 19.4 Å². The highest BCUT2D eigenvalue weighted by Gasteiger charge is 2.49. The fraction of sp³-hybridized carbons (Fsp3) is 0.250. The van der Waals surface area contributed by atoms with E-state index in [0.29, 0.717) is 17.0 Å². The molecule has 1 aromatic heterocycles. The molecule has 1 aliphatic heterocycles. The van der Waals surface area contributed by atoms with Gasteiger partial charge in [0, 0.05) is 12.2 Å². The molecule has 3 aromatic rings. The zero-order chi connectivity index (χ0) is 24.5. The smallest absolute Gasteiger partial charge is 0.359 e. The minimum atomic E-state index is -1.37. The first-order valence-corrected chi connectivity index (χ1v) is 10.4. The number of nitrogens with one attached hydrogen (secondary N) is 1. The number of aromatic nitrogens is 2. The quantitative estimate of drug-likeness (QED) is 0.560. The topological polar surface area (TPSA) is 103 Å². The van der Waals surface area contributed by atoms with E-state index in [-0.39, 0.29) is 30.3 Å². The third-order valence-electron chi connectivity index (χ3n) is 5.78. The van der Waals surface area contributed by atoms with Crippen molar-refractivity contribution >= 4 is 23.5 Å². The first-order valence-electron chi connectivity index (χ1n) is 10.4. The summed E-state index contributed by atoms with van der Waals surface area (Å²) in [5.74, 6) is -1.55. The summed E-state index contributed by atoms with van der Waals surface area (Å²) in [4.78, 5) is 44.8. The summed E-state index contributed by atoms with van der Waals surface area (Å²) in [5.41, 5.74) is -0.320. The van der Waals surface area contributed by atoms with Crippen LogP contribution in [0.4, 0.5) is 10.1 Å². The van der Waals surface area contributed by atoms with Crippen LogP contribution in [-0.4, -0.2) is 47.1 Å². The lowest BCUT2D eigenvalue weighted by atomic mass is 9.93. The molecule has 0 saturated carbocycles. The van der Waals surface area contributed by atoms with Crippen molar-refractivity contribution in [2.24, 2.45) is 0 Å². The van der Waals surface area contributed by atoms with Crippen molar-refractivity contribution in [3.63, 3.8) is 0 Å². The summed E-state index contributed by atoms with van der Waals surface area (Å²) in [6.07, 6.45) is 1.34. The number of carbonyl (C=O) groups is 3. The van der Waals surface area contributed by atoms with Crippen LogP contribution in [0.5, 0.6) is 5.75 Å². The maximum Gasteiger partial charge on any atom is 0.359 e. The number of imidazole rings is 1. The first kappa shape index (κ1) is 23.0. The number of rotatable bonds is 6. The third-order valence-corrected chi connectivity index (χ3v) is 5.78. The van der Waals surface area contributed by atoms with Gasteiger partial charge in [-0.2, -0.15) is 0 Å². The number of anilines is 1. The molecule has 0 radical (unpaired) electrons. The van der Waals surface area contributed by atoms with E-state index in [1.165, 1.54) is 42.1 Å². The lowest BCUT2D eigenvalue weighted by Crippen LogP contribution is -2.64. The molecule has 2 aromatic carbocycles. The number of amides is 2. The van der Waals surface area contributed by atoms with Crippen LogP contribution in [0.15, 0.2) is 54.9 Å². The van der Waals surface area contributed by atoms with Crippen LogP contribution < -0.4 is 15.0 Å². The van der Waals surface area contributed by atoms with Crippen LogP contribution in [0.25, 0.3) is 0 Å². The Kier molecular flexibility index (Phi) is 6.06. The Hall–Kier alpha value is -4.21. The van der Waals surface area contributed by atoms with Gasteiger partial charge in [-0.3, -0.25) is 14.5 Å². The number of fused-ring (bicyclic) bond motifs is 1. The molecule has 34 heavy (non-hydrogen) atoms. The molecule has 1 aliphatic rings. The van der Waals surface area contributed by atoms with E-state index >= 15 is 0 Å². The highest BCUT2D eigenvalue weighted by Crippen LogP contribution is 2.34. The van der Waals surface area contributed by atoms with Crippen molar-refractivity contribution in [1.82, 2.24) is 14.9 Å². The van der Waals surface area contributed by atoms with Crippen molar-refractivity contribution in [1.29, 1.82) is 0 Å². The van der Waals surface area contributed by atoms with E-state index in [4.69, 9.17) is 9.47 Å². The standard InChI is InChI=1S/C24H23FN4O5/c1-24(23(32)26-12-15-4-6-16(25)7-5-15)13-28-14-27-19(22(31)34-3)20(28)21(30)29(24)17-8-10-18(33-2)11-9-17/h4-11,14H,12-13H2,1-3H3,(H,26,32)/t24-/m1/s1. The Morgan fingerprint density at radius 2 is 1.79 bits per heavy atom. The van der Waals surface area contributed by atoms with E-state index in [1.807, 2.05) is 0 Å². The average molecular weight is 466 g/mol. The molecular formula is C24H23FN4O5. The molecule has 10 heteroatoms. The molecular weight excluding hydrogens is 443 g/mol. The fourth-order valence-electron chi connectivity index (χ4n) is 3.99. The molecule has 0 bridgehead atoms. The first-order chi connectivity index (χ1) is 16.3. The van der Waals surface area contributed by atoms with Gasteiger partial charge >= 0.3 is 5.97 Å². The molecule has 0 aliphatic carbocycles. The van der Waals surface area contributed by atoms with Crippen molar-refractivity contribution in [3.8, 4) is 5.75 Å². The van der Waals surface area contributed by atoms with Crippen LogP contribution in [0.3, 0.4) is 0 Å². The summed E-state index contributed by atoms with van der Waals surface area (Å²) in [5, 5.41) is 2.84. The van der Waals surface area contributed by atoms with Gasteiger partial charge in [-0.05, 0) is 48.9 Å². The number of hydrogen-bond donors (Lipinski definition) is 1. The molecule has 0 unspecified atom stereocenters. The van der Waals surface area contributed by atoms with Crippen molar-refractivity contribution in [2.45, 2.75) is 25.6 Å². The Labute approximate surface area is 195 Å². The average Bonchev–Trinajstić information content (AvgIpc) is 3.27. The summed E-state index contributed by atoms with van der Waals surface area (Å²) in [7, 11) is 2.73. The summed E-state index contributed by atoms with van der Waals surface area (Å²) >= 11 is 0. The molecule has 0 saturated heterocycles. The van der Waals surface area contributed by atoms with Gasteiger partial charge in [-0.1, -0.05) is 12.1 Å². The van der Waals surface area contributed by atoms with E-state index in [2.05, 4.69) is 10.3 Å². The Balaban J connectivity index is 1.73. The van der Waals surface area contributed by atoms with Crippen LogP contribution in [0, 0.1) is 5.82 Å². The Bertz CT molecular complexity index is 1240. The number of esters is 1. The second-order valence-electron chi connectivity index (χ2n) is 7.98. The van der Waals surface area contributed by atoms with Gasteiger partial charge in [0.1, 0.15) is 22.8 Å². The molecule has 9 nitrogen and oxygen atoms in total. The number of halogens is 1. The third kappa shape index (κ3) is 3.98. The molecule has 4 rings (SSSR count). The highest BCUT2D eigenvalue weighted by atomic mass is 19.1. The second kappa shape index (κ2) is 8.97. The van der Waals surface area contributed by atoms with Crippen LogP contribution in [0.1, 0.15) is 33.5 Å². The summed E-state index contributed by atoms with van der Waals surface area (Å²) < 4.78 is 24.7. The van der Waals surface area contributed by atoms with Gasteiger partial charge in [-0.25, -0.2) is 14.2 Å². The molecule has 2 heterocycles. The molecule has 0 spiro atoms. The summed E-state index contributed by atoms with van der Waals surface area (Å²) in [6, 6.07) is 12.4. The maximum absolute atomic E-state index is 13.7. The normalized spacial score (nSPS) is 17.2. The SMILES string of the molecule is COC(=O)c1ncn2c1C(=O)N(c1ccc(OC)cc1)[C@@](C)(C(=O)NCc1ccc(F)cc1)C2. The lowest BCUT2D eigenvalue weighted by molar-refractivity contribution is -0.126. The van der Waals surface area contributed by atoms with Crippen LogP contribution in [-0.2, 0) is 22.6 Å². The monoisotopic (exact) mass is 466 g/mol. The molecule has 1 N–H and O–H groups in total.